The number of fused-ring (bicyclic) bond motifs is 1. The van der Waals surface area contributed by atoms with Crippen LogP contribution in [0.1, 0.15) is 38.4 Å². The van der Waals surface area contributed by atoms with Gasteiger partial charge in [-0.3, -0.25) is 0 Å². The third-order valence-electron chi connectivity index (χ3n) is 4.41. The molecule has 0 N–H and O–H groups in total. The van der Waals surface area contributed by atoms with Crippen molar-refractivity contribution >= 4 is 17.7 Å². The van der Waals surface area contributed by atoms with Gasteiger partial charge >= 0.3 is 5.97 Å². The van der Waals surface area contributed by atoms with Crippen molar-refractivity contribution in [2.75, 3.05) is 0 Å². The summed E-state index contributed by atoms with van der Waals surface area (Å²) >= 11 is 1.74. The lowest BCUT2D eigenvalue weighted by atomic mass is 9.94. The number of hydrogen-bond acceptors (Lipinski definition) is 3. The quantitative estimate of drug-likeness (QED) is 0.566. The predicted molar refractivity (Wildman–Crippen MR) is 101 cm³/mol. The van der Waals surface area contributed by atoms with Crippen LogP contribution in [0.3, 0.4) is 0 Å². The highest BCUT2D eigenvalue weighted by atomic mass is 32.2. The van der Waals surface area contributed by atoms with Gasteiger partial charge < -0.3 is 4.74 Å². The monoisotopic (exact) mass is 346 g/mol. The number of thioether (sulfide) groups is 1. The Balaban J connectivity index is 1.78. The lowest BCUT2D eigenvalue weighted by molar-refractivity contribution is 0.0244. The summed E-state index contributed by atoms with van der Waals surface area (Å²) in [6, 6.07) is 26.2. The molecule has 0 aliphatic carbocycles. The lowest BCUT2D eigenvalue weighted by Crippen LogP contribution is -2.24. The zero-order valence-corrected chi connectivity index (χ0v) is 14.7. The number of rotatable bonds is 3. The number of carbonyl (C=O) groups is 1. The number of benzene rings is 3. The van der Waals surface area contributed by atoms with E-state index in [9.17, 15) is 4.79 Å². The van der Waals surface area contributed by atoms with Crippen molar-refractivity contribution in [3.05, 3.63) is 101 Å². The van der Waals surface area contributed by atoms with E-state index in [1.807, 2.05) is 54.6 Å². The van der Waals surface area contributed by atoms with Gasteiger partial charge in [0, 0.05) is 4.90 Å². The lowest BCUT2D eigenvalue weighted by Gasteiger charge is -2.33. The third kappa shape index (κ3) is 3.20. The highest BCUT2D eigenvalue weighted by Gasteiger charge is 2.37. The van der Waals surface area contributed by atoms with Crippen molar-refractivity contribution in [3.8, 4) is 0 Å². The molecule has 124 valence electrons. The third-order valence-corrected chi connectivity index (χ3v) is 5.71. The molecule has 0 saturated carbocycles. The molecule has 1 aliphatic heterocycles. The largest absolute Gasteiger partial charge is 0.452 e. The van der Waals surface area contributed by atoms with Crippen molar-refractivity contribution in [3.63, 3.8) is 0 Å². The van der Waals surface area contributed by atoms with Crippen LogP contribution in [0.15, 0.2) is 83.8 Å². The minimum Gasteiger partial charge on any atom is -0.452 e. The molecular weight excluding hydrogens is 328 g/mol. The van der Waals surface area contributed by atoms with Gasteiger partial charge in [-0.05, 0) is 36.2 Å². The molecule has 1 heterocycles. The number of hydrogen-bond donors (Lipinski definition) is 0. The van der Waals surface area contributed by atoms with E-state index in [2.05, 4.69) is 31.2 Å². The van der Waals surface area contributed by atoms with Crippen LogP contribution < -0.4 is 0 Å². The van der Waals surface area contributed by atoms with Gasteiger partial charge in [0.25, 0.3) is 0 Å². The Morgan fingerprint density at radius 2 is 1.52 bits per heavy atom. The molecule has 1 aliphatic rings. The summed E-state index contributed by atoms with van der Waals surface area (Å²) in [5, 5.41) is 0.0269. The number of ether oxygens (including phenoxy) is 1. The first-order valence-corrected chi connectivity index (χ1v) is 9.18. The maximum atomic E-state index is 12.5. The van der Waals surface area contributed by atoms with Gasteiger partial charge in [0.1, 0.15) is 6.10 Å². The van der Waals surface area contributed by atoms with Crippen LogP contribution in [0.2, 0.25) is 0 Å². The molecule has 0 bridgehead atoms. The number of cyclic esters (lactones) is 1. The fourth-order valence-corrected chi connectivity index (χ4v) is 4.36. The van der Waals surface area contributed by atoms with Gasteiger partial charge in [0.2, 0.25) is 0 Å². The topological polar surface area (TPSA) is 26.3 Å². The molecule has 0 saturated heterocycles. The van der Waals surface area contributed by atoms with E-state index in [0.29, 0.717) is 5.56 Å². The van der Waals surface area contributed by atoms with Gasteiger partial charge in [0.15, 0.2) is 0 Å². The summed E-state index contributed by atoms with van der Waals surface area (Å²) in [7, 11) is 0. The SMILES string of the molecule is Cc1ccc(S[C@H]2c3ccccc3C(=O)O[C@@H]2c2ccccc2)cc1. The van der Waals surface area contributed by atoms with Crippen LogP contribution in [0, 0.1) is 6.92 Å². The second-order valence-electron chi connectivity index (χ2n) is 6.18. The second-order valence-corrected chi connectivity index (χ2v) is 7.39. The maximum Gasteiger partial charge on any atom is 0.339 e. The Morgan fingerprint density at radius 3 is 2.28 bits per heavy atom. The Labute approximate surface area is 151 Å². The van der Waals surface area contributed by atoms with Crippen molar-refractivity contribution in [1.82, 2.24) is 0 Å². The van der Waals surface area contributed by atoms with Crippen LogP contribution in [-0.2, 0) is 4.74 Å². The van der Waals surface area contributed by atoms with Crippen molar-refractivity contribution in [2.45, 2.75) is 23.2 Å². The fourth-order valence-electron chi connectivity index (χ4n) is 3.11. The molecule has 25 heavy (non-hydrogen) atoms. The van der Waals surface area contributed by atoms with E-state index < -0.39 is 0 Å². The van der Waals surface area contributed by atoms with Crippen LogP contribution >= 0.6 is 11.8 Å². The minimum absolute atomic E-state index is 0.0269. The van der Waals surface area contributed by atoms with Gasteiger partial charge in [-0.1, -0.05) is 66.2 Å². The van der Waals surface area contributed by atoms with Crippen molar-refractivity contribution < 1.29 is 9.53 Å². The molecule has 2 atom stereocenters. The smallest absolute Gasteiger partial charge is 0.339 e. The predicted octanol–water partition coefficient (Wildman–Crippen LogP) is 5.74. The van der Waals surface area contributed by atoms with Gasteiger partial charge in [-0.15, -0.1) is 11.8 Å². The first-order valence-electron chi connectivity index (χ1n) is 8.30. The number of esters is 1. The van der Waals surface area contributed by atoms with E-state index in [0.717, 1.165) is 11.1 Å². The molecule has 0 spiro atoms. The Hall–Kier alpha value is -2.52. The summed E-state index contributed by atoms with van der Waals surface area (Å²) in [4.78, 5) is 13.7. The molecular formula is C22H18O2S. The molecule has 2 nitrogen and oxygen atoms in total. The van der Waals surface area contributed by atoms with Crippen molar-refractivity contribution in [1.29, 1.82) is 0 Å². The van der Waals surface area contributed by atoms with E-state index >= 15 is 0 Å². The number of aryl methyl sites for hydroxylation is 1. The Morgan fingerprint density at radius 1 is 0.840 bits per heavy atom. The van der Waals surface area contributed by atoms with Crippen molar-refractivity contribution in [2.24, 2.45) is 0 Å². The van der Waals surface area contributed by atoms with Crippen LogP contribution in [0.25, 0.3) is 0 Å². The van der Waals surface area contributed by atoms with E-state index in [4.69, 9.17) is 4.74 Å². The van der Waals surface area contributed by atoms with E-state index in [-0.39, 0.29) is 17.3 Å². The Kier molecular flexibility index (Phi) is 4.33. The van der Waals surface area contributed by atoms with Crippen LogP contribution in [0.5, 0.6) is 0 Å². The highest BCUT2D eigenvalue weighted by molar-refractivity contribution is 7.99. The molecule has 3 heteroatoms. The van der Waals surface area contributed by atoms with Gasteiger partial charge in [-0.25, -0.2) is 4.79 Å². The van der Waals surface area contributed by atoms with Gasteiger partial charge in [0.05, 0.1) is 10.8 Å². The summed E-state index contributed by atoms with van der Waals surface area (Å²) in [6.07, 6.45) is -0.296. The molecule has 0 amide bonds. The summed E-state index contributed by atoms with van der Waals surface area (Å²) in [5.74, 6) is -0.245. The van der Waals surface area contributed by atoms with Crippen LogP contribution in [-0.4, -0.2) is 5.97 Å². The normalized spacial score (nSPS) is 19.2. The molecule has 3 aromatic rings. The zero-order chi connectivity index (χ0) is 17.2. The zero-order valence-electron chi connectivity index (χ0n) is 13.9. The van der Waals surface area contributed by atoms with Crippen LogP contribution in [0.4, 0.5) is 0 Å². The molecule has 0 fully saturated rings. The first kappa shape index (κ1) is 16.0. The molecule has 0 radical (unpaired) electrons. The summed E-state index contributed by atoms with van der Waals surface area (Å²) in [6.45, 7) is 2.08. The van der Waals surface area contributed by atoms with E-state index in [1.54, 1.807) is 11.8 Å². The molecule has 3 aromatic carbocycles. The Bertz CT molecular complexity index is 887. The van der Waals surface area contributed by atoms with Gasteiger partial charge in [-0.2, -0.15) is 0 Å². The highest BCUT2D eigenvalue weighted by Crippen LogP contribution is 2.49. The summed E-state index contributed by atoms with van der Waals surface area (Å²) in [5.41, 5.74) is 3.96. The average molecular weight is 346 g/mol. The molecule has 4 rings (SSSR count). The molecule has 0 aromatic heterocycles. The second kappa shape index (κ2) is 6.77. The number of carbonyl (C=O) groups excluding carboxylic acids is 1. The minimum atomic E-state index is -0.296. The first-order chi connectivity index (χ1) is 12.2. The standard InChI is InChI=1S/C22H18O2S/c1-15-11-13-17(14-12-15)25-21-18-9-5-6-10-19(18)22(23)24-20(21)16-7-3-2-4-8-16/h2-14,20-21H,1H3/t20-,21+/m1/s1. The molecule has 0 unspecified atom stereocenters. The fraction of sp³-hybridized carbons (Fsp3) is 0.136. The van der Waals surface area contributed by atoms with E-state index in [1.165, 1.54) is 10.5 Å². The average Bonchev–Trinajstić information content (AvgIpc) is 2.66. The maximum absolute atomic E-state index is 12.5. The summed E-state index contributed by atoms with van der Waals surface area (Å²) < 4.78 is 5.85.